The zero-order chi connectivity index (χ0) is 36.8. The molecule has 2 N–H and O–H groups in total. The van der Waals surface area contributed by atoms with E-state index in [0.29, 0.717) is 25.0 Å². The summed E-state index contributed by atoms with van der Waals surface area (Å²) in [6.07, 6.45) is 12.5. The molecule has 0 aromatic heterocycles. The molecule has 2 aliphatic rings. The van der Waals surface area contributed by atoms with Gasteiger partial charge in [-0.05, 0) is 108 Å². The van der Waals surface area contributed by atoms with Crippen molar-refractivity contribution in [2.45, 2.75) is 77.0 Å². The largest absolute Gasteiger partial charge is 0.481 e. The molecule has 0 radical (unpaired) electrons. The maximum atomic E-state index is 11.6. The van der Waals surface area contributed by atoms with E-state index in [1.165, 1.54) is 16.7 Å². The number of aliphatic carboxylic acids is 1. The Morgan fingerprint density at radius 2 is 1.69 bits per heavy atom. The van der Waals surface area contributed by atoms with E-state index in [4.69, 9.17) is 9.84 Å². The summed E-state index contributed by atoms with van der Waals surface area (Å²) >= 11 is 0. The van der Waals surface area contributed by atoms with Crippen molar-refractivity contribution in [2.24, 2.45) is 0 Å². The average molecular weight is 705 g/mol. The lowest BCUT2D eigenvalue weighted by Gasteiger charge is -2.25. The zero-order valence-corrected chi connectivity index (χ0v) is 30.6. The maximum Gasteiger partial charge on any atom is 0.303 e. The molecule has 0 spiro atoms. The van der Waals surface area contributed by atoms with E-state index in [0.717, 1.165) is 64.0 Å². The minimum absolute atomic E-state index is 0.0141. The van der Waals surface area contributed by atoms with Crippen LogP contribution in [0.2, 0.25) is 0 Å². The van der Waals surface area contributed by atoms with E-state index in [1.807, 2.05) is 54.6 Å². The summed E-state index contributed by atoms with van der Waals surface area (Å²) in [7, 11) is -4.06. The lowest BCUT2D eigenvalue weighted by molar-refractivity contribution is -0.136. The number of hydrogen-bond donors (Lipinski definition) is 2. The van der Waals surface area contributed by atoms with Crippen LogP contribution in [0.3, 0.4) is 0 Å². The number of ether oxygens (including phenoxy) is 1. The molecule has 3 aromatic rings. The highest BCUT2D eigenvalue weighted by atomic mass is 32.2. The van der Waals surface area contributed by atoms with Crippen LogP contribution < -0.4 is 4.74 Å². The van der Waals surface area contributed by atoms with Crippen molar-refractivity contribution < 1.29 is 27.6 Å². The maximum absolute atomic E-state index is 11.6. The van der Waals surface area contributed by atoms with Gasteiger partial charge in [-0.3, -0.25) is 9.35 Å². The fourth-order valence-electron chi connectivity index (χ4n) is 7.26. The number of rotatable bonds is 14. The molecule has 0 saturated heterocycles. The summed E-state index contributed by atoms with van der Waals surface area (Å²) in [5, 5.41) is 9.12. The van der Waals surface area contributed by atoms with Gasteiger partial charge < -0.3 is 9.84 Å². The second-order valence-corrected chi connectivity index (χ2v) is 15.6. The van der Waals surface area contributed by atoms with E-state index >= 15 is 0 Å². The van der Waals surface area contributed by atoms with E-state index in [2.05, 4.69) is 76.4 Å². The molecule has 0 amide bonds. The Labute approximate surface area is 303 Å². The van der Waals surface area contributed by atoms with Gasteiger partial charge >= 0.3 is 5.97 Å². The van der Waals surface area contributed by atoms with Gasteiger partial charge in [0.15, 0.2) is 0 Å². The van der Waals surface area contributed by atoms with Crippen LogP contribution >= 0.6 is 0 Å². The molecule has 0 heterocycles. The highest BCUT2D eigenvalue weighted by molar-refractivity contribution is 7.85. The first-order chi connectivity index (χ1) is 24.2. The number of hydrogen-bond acceptors (Lipinski definition) is 4. The Balaban J connectivity index is 1.52. The van der Waals surface area contributed by atoms with Gasteiger partial charge in [-0.2, -0.15) is 8.42 Å². The number of carboxylic acid groups (broad SMARTS) is 1. The number of carboxylic acids is 1. The summed E-state index contributed by atoms with van der Waals surface area (Å²) in [6, 6.07) is 24.1. The van der Waals surface area contributed by atoms with Crippen molar-refractivity contribution >= 4 is 21.7 Å². The minimum Gasteiger partial charge on any atom is -0.481 e. The van der Waals surface area contributed by atoms with Crippen LogP contribution in [0.5, 0.6) is 5.75 Å². The molecule has 0 saturated carbocycles. The van der Waals surface area contributed by atoms with Gasteiger partial charge in [0.05, 0.1) is 5.75 Å². The predicted octanol–water partition coefficient (Wildman–Crippen LogP) is 10.3. The number of fused-ring (bicyclic) bond motifs is 1. The Morgan fingerprint density at radius 3 is 2.39 bits per heavy atom. The summed E-state index contributed by atoms with van der Waals surface area (Å²) in [4.78, 5) is 11.1. The van der Waals surface area contributed by atoms with Crippen LogP contribution in [-0.2, 0) is 26.7 Å². The SMILES string of the molecule is C=C(/C=C/C1=C(Oc2ccc(CCC(=O)O)cc2)C(=C\C=C2\C(CCCS(=O)(=O)O)c3ccccc3C2(C)C)/CCC1)C(=C)c1ccccc1C. The molecule has 5 rings (SSSR count). The Morgan fingerprint density at radius 1 is 0.980 bits per heavy atom. The number of benzene rings is 3. The van der Waals surface area contributed by atoms with Gasteiger partial charge in [0.1, 0.15) is 11.5 Å². The minimum atomic E-state index is -4.06. The Bertz CT molecular complexity index is 2040. The van der Waals surface area contributed by atoms with Crippen molar-refractivity contribution in [3.05, 3.63) is 166 Å². The average Bonchev–Trinajstić information content (AvgIpc) is 3.30. The summed E-state index contributed by atoms with van der Waals surface area (Å²) in [5.41, 5.74) is 10.2. The first kappa shape index (κ1) is 37.5. The summed E-state index contributed by atoms with van der Waals surface area (Å²) in [6.45, 7) is 15.1. The fourth-order valence-corrected chi connectivity index (χ4v) is 7.79. The molecular formula is C44H48O6S. The molecule has 2 aliphatic carbocycles. The first-order valence-electron chi connectivity index (χ1n) is 17.5. The summed E-state index contributed by atoms with van der Waals surface area (Å²) < 4.78 is 39.3. The monoisotopic (exact) mass is 704 g/mol. The van der Waals surface area contributed by atoms with Gasteiger partial charge in [0, 0.05) is 17.8 Å². The molecule has 0 aliphatic heterocycles. The first-order valence-corrected chi connectivity index (χ1v) is 19.2. The van der Waals surface area contributed by atoms with Crippen molar-refractivity contribution in [1.29, 1.82) is 0 Å². The topological polar surface area (TPSA) is 101 Å². The lowest BCUT2D eigenvalue weighted by atomic mass is 9.79. The summed E-state index contributed by atoms with van der Waals surface area (Å²) in [5.74, 6) is 0.352. The second-order valence-electron chi connectivity index (χ2n) is 14.0. The molecule has 266 valence electrons. The van der Waals surface area contributed by atoms with E-state index in [-0.39, 0.29) is 23.5 Å². The molecule has 3 aromatic carbocycles. The van der Waals surface area contributed by atoms with Crippen molar-refractivity contribution in [1.82, 2.24) is 0 Å². The van der Waals surface area contributed by atoms with Crippen LogP contribution in [0.1, 0.15) is 86.1 Å². The van der Waals surface area contributed by atoms with Gasteiger partial charge in [0.2, 0.25) is 0 Å². The van der Waals surface area contributed by atoms with Crippen molar-refractivity contribution in [2.75, 3.05) is 5.75 Å². The van der Waals surface area contributed by atoms with Gasteiger partial charge in [0.25, 0.3) is 10.1 Å². The Kier molecular flexibility index (Phi) is 11.8. The highest BCUT2D eigenvalue weighted by Crippen LogP contribution is 2.52. The van der Waals surface area contributed by atoms with Crippen molar-refractivity contribution in [3.8, 4) is 5.75 Å². The van der Waals surface area contributed by atoms with Crippen LogP contribution in [0.4, 0.5) is 0 Å². The smallest absolute Gasteiger partial charge is 0.303 e. The lowest BCUT2D eigenvalue weighted by Crippen LogP contribution is -2.17. The third kappa shape index (κ3) is 9.34. The van der Waals surface area contributed by atoms with Crippen LogP contribution in [-0.4, -0.2) is 29.8 Å². The molecule has 6 nitrogen and oxygen atoms in total. The number of allylic oxidation sites excluding steroid dienone is 9. The van der Waals surface area contributed by atoms with Gasteiger partial charge in [-0.1, -0.05) is 118 Å². The zero-order valence-electron chi connectivity index (χ0n) is 29.8. The molecule has 1 atom stereocenters. The van der Waals surface area contributed by atoms with E-state index in [9.17, 15) is 17.8 Å². The van der Waals surface area contributed by atoms with Crippen molar-refractivity contribution in [3.63, 3.8) is 0 Å². The van der Waals surface area contributed by atoms with Crippen LogP contribution in [0.25, 0.3) is 5.57 Å². The van der Waals surface area contributed by atoms with E-state index < -0.39 is 16.1 Å². The highest BCUT2D eigenvalue weighted by Gasteiger charge is 2.40. The van der Waals surface area contributed by atoms with Gasteiger partial charge in [-0.15, -0.1) is 0 Å². The van der Waals surface area contributed by atoms with E-state index in [1.54, 1.807) is 0 Å². The van der Waals surface area contributed by atoms with Gasteiger partial charge in [-0.25, -0.2) is 0 Å². The number of carbonyl (C=O) groups is 1. The van der Waals surface area contributed by atoms with Crippen LogP contribution in [0, 0.1) is 6.92 Å². The molecule has 7 heteroatoms. The normalized spacial score (nSPS) is 18.7. The number of aryl methyl sites for hydroxylation is 2. The molecule has 0 bridgehead atoms. The second kappa shape index (κ2) is 16.1. The molecular weight excluding hydrogens is 657 g/mol. The molecule has 1 unspecified atom stereocenters. The third-order valence-electron chi connectivity index (χ3n) is 10.1. The fraction of sp³-hybridized carbons (Fsp3) is 0.295. The Hall–Kier alpha value is -4.72. The predicted molar refractivity (Wildman–Crippen MR) is 206 cm³/mol. The quantitative estimate of drug-likeness (QED) is 0.128. The molecule has 51 heavy (non-hydrogen) atoms. The van der Waals surface area contributed by atoms with Crippen LogP contribution in [0.15, 0.2) is 138 Å². The molecule has 0 fully saturated rings. The third-order valence-corrected chi connectivity index (χ3v) is 10.9. The standard InChI is InChI=1S/C44H48O6S/c1-30(32(3)37-15-7-6-12-31(37)2)19-23-34-13-10-14-35(43(34)50-36-25-20-33(21-26-36)22-28-42(45)46)24-27-41-39(17-11-29-51(47,48)49)38-16-8-9-18-40(38)44(41,4)5/h6-9,12,15-16,18-21,23-27,39H,1,3,10-11,13-14,17,22,28-29H2,2,4-5H3,(H,45,46)(H,47,48,49)/b23-19+,35-24-,41-27-.